The van der Waals surface area contributed by atoms with Gasteiger partial charge in [0.05, 0.1) is 23.2 Å². The van der Waals surface area contributed by atoms with Crippen LogP contribution in [0.3, 0.4) is 0 Å². The molecule has 0 heterocycles. The summed E-state index contributed by atoms with van der Waals surface area (Å²) in [5, 5.41) is 8.95. The van der Waals surface area contributed by atoms with Gasteiger partial charge >= 0.3 is 0 Å². The summed E-state index contributed by atoms with van der Waals surface area (Å²) in [6.45, 7) is 2.06. The summed E-state index contributed by atoms with van der Waals surface area (Å²) in [6, 6.07) is 15.3. The molecule has 2 rings (SSSR count). The normalized spacial score (nSPS) is 12.3. The van der Waals surface area contributed by atoms with Gasteiger partial charge in [0, 0.05) is 4.90 Å². The quantitative estimate of drug-likeness (QED) is 0.918. The predicted octanol–water partition coefficient (Wildman–Crippen LogP) is 2.80. The summed E-state index contributed by atoms with van der Waals surface area (Å²) in [5.41, 5.74) is 3.06. The second-order valence-electron chi connectivity index (χ2n) is 4.28. The minimum atomic E-state index is -1.01. The van der Waals surface area contributed by atoms with Gasteiger partial charge in [0.25, 0.3) is 0 Å². The molecule has 1 unspecified atom stereocenters. The molecule has 0 fully saturated rings. The van der Waals surface area contributed by atoms with Crippen LogP contribution in [0.15, 0.2) is 53.4 Å². The number of aliphatic hydroxyl groups excluding tert-OH is 1. The maximum Gasteiger partial charge on any atom is 0.0681 e. The number of aliphatic hydroxyl groups is 1. The van der Waals surface area contributed by atoms with E-state index in [4.69, 9.17) is 5.11 Å². The van der Waals surface area contributed by atoms with Gasteiger partial charge in [0.1, 0.15) is 0 Å². The molecule has 0 aliphatic heterocycles. The van der Waals surface area contributed by atoms with Gasteiger partial charge in [-0.3, -0.25) is 4.21 Å². The van der Waals surface area contributed by atoms with Crippen LogP contribution in [0.1, 0.15) is 16.7 Å². The molecule has 94 valence electrons. The number of benzene rings is 2. The highest BCUT2D eigenvalue weighted by Crippen LogP contribution is 2.14. The molecule has 0 saturated carbocycles. The van der Waals surface area contributed by atoms with Crippen LogP contribution in [0, 0.1) is 6.92 Å². The Morgan fingerprint density at radius 3 is 2.06 bits per heavy atom. The number of hydrogen-bond donors (Lipinski definition) is 1. The third kappa shape index (κ3) is 3.28. The summed E-state index contributed by atoms with van der Waals surface area (Å²) in [5.74, 6) is 0.509. The zero-order valence-corrected chi connectivity index (χ0v) is 11.1. The van der Waals surface area contributed by atoms with Crippen LogP contribution < -0.4 is 0 Å². The Balaban J connectivity index is 2.08. The van der Waals surface area contributed by atoms with Crippen molar-refractivity contribution >= 4 is 10.8 Å². The van der Waals surface area contributed by atoms with Gasteiger partial charge in [0.2, 0.25) is 0 Å². The van der Waals surface area contributed by atoms with E-state index in [2.05, 4.69) is 0 Å². The van der Waals surface area contributed by atoms with Gasteiger partial charge in [-0.25, -0.2) is 0 Å². The van der Waals surface area contributed by atoms with E-state index in [9.17, 15) is 4.21 Å². The topological polar surface area (TPSA) is 37.3 Å². The van der Waals surface area contributed by atoms with E-state index >= 15 is 0 Å². The molecule has 0 aromatic heterocycles. The largest absolute Gasteiger partial charge is 0.392 e. The maximum atomic E-state index is 12.1. The summed E-state index contributed by atoms with van der Waals surface area (Å²) in [4.78, 5) is 0.854. The van der Waals surface area contributed by atoms with Crippen LogP contribution in [-0.2, 0) is 23.2 Å². The van der Waals surface area contributed by atoms with Crippen molar-refractivity contribution in [3.8, 4) is 0 Å². The standard InChI is InChI=1S/C15H16O2S/c1-12-2-8-15(9-3-12)18(17)11-14-6-4-13(10-16)5-7-14/h2-9,16H,10-11H2,1H3. The summed E-state index contributed by atoms with van der Waals surface area (Å²) < 4.78 is 12.1. The van der Waals surface area contributed by atoms with Crippen molar-refractivity contribution in [2.75, 3.05) is 0 Å². The number of rotatable bonds is 4. The van der Waals surface area contributed by atoms with Crippen molar-refractivity contribution in [2.45, 2.75) is 24.2 Å². The lowest BCUT2D eigenvalue weighted by atomic mass is 10.2. The van der Waals surface area contributed by atoms with Gasteiger partial charge in [-0.15, -0.1) is 0 Å². The molecular formula is C15H16O2S. The summed E-state index contributed by atoms with van der Waals surface area (Å²) in [6.07, 6.45) is 0. The van der Waals surface area contributed by atoms with Gasteiger partial charge < -0.3 is 5.11 Å². The van der Waals surface area contributed by atoms with Crippen molar-refractivity contribution in [2.24, 2.45) is 0 Å². The third-order valence-electron chi connectivity index (χ3n) is 2.79. The first kappa shape index (κ1) is 13.0. The Labute approximate surface area is 110 Å². The molecule has 1 atom stereocenters. The second-order valence-corrected chi connectivity index (χ2v) is 5.73. The zero-order valence-electron chi connectivity index (χ0n) is 10.3. The highest BCUT2D eigenvalue weighted by atomic mass is 32.2. The Hall–Kier alpha value is -1.45. The molecule has 2 nitrogen and oxygen atoms in total. The first-order valence-electron chi connectivity index (χ1n) is 5.83. The van der Waals surface area contributed by atoms with Crippen LogP contribution in [0.25, 0.3) is 0 Å². The van der Waals surface area contributed by atoms with E-state index in [-0.39, 0.29) is 6.61 Å². The molecule has 2 aromatic carbocycles. The van der Waals surface area contributed by atoms with E-state index in [0.29, 0.717) is 5.75 Å². The van der Waals surface area contributed by atoms with E-state index in [1.165, 1.54) is 5.56 Å². The van der Waals surface area contributed by atoms with Gasteiger partial charge in [-0.2, -0.15) is 0 Å². The molecule has 0 saturated heterocycles. The molecule has 2 aromatic rings. The zero-order chi connectivity index (χ0) is 13.0. The van der Waals surface area contributed by atoms with Crippen molar-refractivity contribution in [1.29, 1.82) is 0 Å². The number of hydrogen-bond acceptors (Lipinski definition) is 2. The molecule has 0 spiro atoms. The SMILES string of the molecule is Cc1ccc(S(=O)Cc2ccc(CO)cc2)cc1. The first-order valence-corrected chi connectivity index (χ1v) is 7.14. The van der Waals surface area contributed by atoms with E-state index in [1.54, 1.807) is 0 Å². The van der Waals surface area contributed by atoms with Crippen molar-refractivity contribution in [3.63, 3.8) is 0 Å². The van der Waals surface area contributed by atoms with E-state index < -0.39 is 10.8 Å². The Morgan fingerprint density at radius 2 is 1.50 bits per heavy atom. The van der Waals surface area contributed by atoms with Crippen molar-refractivity contribution < 1.29 is 9.32 Å². The molecule has 0 amide bonds. The Bertz CT molecular complexity index is 529. The Morgan fingerprint density at radius 1 is 0.944 bits per heavy atom. The maximum absolute atomic E-state index is 12.1. The van der Waals surface area contributed by atoms with Crippen molar-refractivity contribution in [3.05, 3.63) is 65.2 Å². The van der Waals surface area contributed by atoms with E-state index in [0.717, 1.165) is 16.0 Å². The molecule has 18 heavy (non-hydrogen) atoms. The van der Waals surface area contributed by atoms with Gasteiger partial charge in [-0.1, -0.05) is 42.0 Å². The summed E-state index contributed by atoms with van der Waals surface area (Å²) >= 11 is 0. The van der Waals surface area contributed by atoms with Crippen LogP contribution in [0.2, 0.25) is 0 Å². The fraction of sp³-hybridized carbons (Fsp3) is 0.200. The average molecular weight is 260 g/mol. The van der Waals surface area contributed by atoms with Crippen LogP contribution in [-0.4, -0.2) is 9.32 Å². The highest BCUT2D eigenvalue weighted by Gasteiger charge is 2.04. The van der Waals surface area contributed by atoms with Crippen LogP contribution in [0.5, 0.6) is 0 Å². The van der Waals surface area contributed by atoms with Crippen LogP contribution >= 0.6 is 0 Å². The molecule has 0 bridgehead atoms. The monoisotopic (exact) mass is 260 g/mol. The minimum absolute atomic E-state index is 0.0430. The first-order chi connectivity index (χ1) is 8.69. The molecule has 3 heteroatoms. The molecule has 0 aliphatic carbocycles. The molecule has 0 aliphatic rings. The number of aryl methyl sites for hydroxylation is 1. The van der Waals surface area contributed by atoms with E-state index in [1.807, 2.05) is 55.5 Å². The van der Waals surface area contributed by atoms with Gasteiger partial charge in [0.15, 0.2) is 0 Å². The molecular weight excluding hydrogens is 244 g/mol. The smallest absolute Gasteiger partial charge is 0.0681 e. The second kappa shape index (κ2) is 5.94. The minimum Gasteiger partial charge on any atom is -0.392 e. The Kier molecular flexibility index (Phi) is 4.28. The fourth-order valence-electron chi connectivity index (χ4n) is 1.67. The molecule has 0 radical (unpaired) electrons. The third-order valence-corrected chi connectivity index (χ3v) is 4.18. The van der Waals surface area contributed by atoms with Crippen LogP contribution in [0.4, 0.5) is 0 Å². The van der Waals surface area contributed by atoms with Crippen molar-refractivity contribution in [1.82, 2.24) is 0 Å². The lowest BCUT2D eigenvalue weighted by molar-refractivity contribution is 0.282. The lowest BCUT2D eigenvalue weighted by Gasteiger charge is -2.04. The lowest BCUT2D eigenvalue weighted by Crippen LogP contribution is -1.97. The molecule has 1 N–H and O–H groups in total. The predicted molar refractivity (Wildman–Crippen MR) is 73.7 cm³/mol. The van der Waals surface area contributed by atoms with Gasteiger partial charge in [-0.05, 0) is 30.2 Å². The average Bonchev–Trinajstić information content (AvgIpc) is 2.40. The highest BCUT2D eigenvalue weighted by molar-refractivity contribution is 7.84. The fourth-order valence-corrected chi connectivity index (χ4v) is 2.77. The summed E-state index contributed by atoms with van der Waals surface area (Å²) in [7, 11) is -1.01.